The van der Waals surface area contributed by atoms with E-state index < -0.39 is 0 Å². The van der Waals surface area contributed by atoms with Gasteiger partial charge in [-0.15, -0.1) is 0 Å². The van der Waals surface area contributed by atoms with Gasteiger partial charge < -0.3 is 14.4 Å². The highest BCUT2D eigenvalue weighted by Gasteiger charge is 2.18. The molecule has 19 heavy (non-hydrogen) atoms. The summed E-state index contributed by atoms with van der Waals surface area (Å²) in [7, 11) is 0. The van der Waals surface area contributed by atoms with Crippen molar-refractivity contribution in [3.8, 4) is 17.2 Å². The van der Waals surface area contributed by atoms with Crippen LogP contribution in [0.3, 0.4) is 0 Å². The Morgan fingerprint density at radius 3 is 2.79 bits per heavy atom. The summed E-state index contributed by atoms with van der Waals surface area (Å²) in [5, 5.41) is 13.2. The van der Waals surface area contributed by atoms with Crippen molar-refractivity contribution in [1.29, 1.82) is 0 Å². The lowest BCUT2D eigenvalue weighted by Gasteiger charge is -2.20. The molecule has 1 aliphatic rings. The van der Waals surface area contributed by atoms with Gasteiger partial charge in [-0.2, -0.15) is 4.98 Å². The van der Waals surface area contributed by atoms with Gasteiger partial charge in [0.15, 0.2) is 5.82 Å². The zero-order valence-electron chi connectivity index (χ0n) is 10.6. The predicted octanol–water partition coefficient (Wildman–Crippen LogP) is 2.55. The first-order chi connectivity index (χ1) is 9.31. The van der Waals surface area contributed by atoms with Crippen molar-refractivity contribution in [2.45, 2.75) is 31.8 Å². The van der Waals surface area contributed by atoms with Crippen LogP contribution in [-0.2, 0) is 11.2 Å². The molecule has 1 aromatic heterocycles. The van der Waals surface area contributed by atoms with Crippen LogP contribution in [0.5, 0.6) is 5.75 Å². The van der Waals surface area contributed by atoms with Crippen LogP contribution in [0.25, 0.3) is 11.5 Å². The van der Waals surface area contributed by atoms with E-state index in [-0.39, 0.29) is 11.9 Å². The van der Waals surface area contributed by atoms with Gasteiger partial charge in [0.05, 0.1) is 6.10 Å². The van der Waals surface area contributed by atoms with Gasteiger partial charge in [-0.25, -0.2) is 0 Å². The Morgan fingerprint density at radius 2 is 2.05 bits per heavy atom. The number of phenolic OH excluding ortho intramolecular Hbond substituents is 1. The number of nitrogens with zero attached hydrogens (tertiary/aromatic N) is 2. The minimum absolute atomic E-state index is 0.207. The fourth-order valence-corrected chi connectivity index (χ4v) is 2.23. The summed E-state index contributed by atoms with van der Waals surface area (Å²) in [6.45, 7) is 0.827. The number of hydrogen-bond donors (Lipinski definition) is 1. The van der Waals surface area contributed by atoms with Crippen molar-refractivity contribution in [3.63, 3.8) is 0 Å². The minimum atomic E-state index is 0.207. The molecule has 0 radical (unpaired) electrons. The Kier molecular flexibility index (Phi) is 3.46. The Morgan fingerprint density at radius 1 is 1.21 bits per heavy atom. The fourth-order valence-electron chi connectivity index (χ4n) is 2.23. The van der Waals surface area contributed by atoms with Crippen molar-refractivity contribution in [3.05, 3.63) is 30.1 Å². The van der Waals surface area contributed by atoms with Crippen molar-refractivity contribution in [1.82, 2.24) is 10.1 Å². The summed E-state index contributed by atoms with van der Waals surface area (Å²) in [6.07, 6.45) is 4.30. The van der Waals surface area contributed by atoms with Gasteiger partial charge in [-0.1, -0.05) is 5.16 Å². The average molecular weight is 260 g/mol. The molecular weight excluding hydrogens is 244 g/mol. The summed E-state index contributed by atoms with van der Waals surface area (Å²) in [5.41, 5.74) is 0.807. The maximum absolute atomic E-state index is 9.24. The molecule has 2 aromatic rings. The number of phenols is 1. The number of ether oxygens (including phenoxy) is 1. The van der Waals surface area contributed by atoms with E-state index in [0.29, 0.717) is 18.1 Å². The SMILES string of the molecule is Oc1ccc(-c2nc(CC3CCCCO3)no2)cc1. The molecule has 5 nitrogen and oxygen atoms in total. The molecule has 2 heterocycles. The Labute approximate surface area is 111 Å². The molecule has 5 heteroatoms. The number of rotatable bonds is 3. The molecule has 0 amide bonds. The molecule has 1 aromatic carbocycles. The van der Waals surface area contributed by atoms with Crippen molar-refractivity contribution < 1.29 is 14.4 Å². The third-order valence-electron chi connectivity index (χ3n) is 3.27. The van der Waals surface area contributed by atoms with Crippen LogP contribution < -0.4 is 0 Å². The summed E-state index contributed by atoms with van der Waals surface area (Å²) in [4.78, 5) is 4.36. The summed E-state index contributed by atoms with van der Waals surface area (Å²) < 4.78 is 10.9. The first-order valence-electron chi connectivity index (χ1n) is 6.55. The van der Waals surface area contributed by atoms with Gasteiger partial charge in [0, 0.05) is 18.6 Å². The van der Waals surface area contributed by atoms with Crippen LogP contribution >= 0.6 is 0 Å². The molecule has 0 bridgehead atoms. The molecule has 1 atom stereocenters. The van der Waals surface area contributed by atoms with Gasteiger partial charge in [0.1, 0.15) is 5.75 Å². The van der Waals surface area contributed by atoms with Crippen LogP contribution in [-0.4, -0.2) is 28.0 Å². The van der Waals surface area contributed by atoms with E-state index in [4.69, 9.17) is 9.26 Å². The molecule has 1 saturated heterocycles. The van der Waals surface area contributed by atoms with E-state index in [9.17, 15) is 5.11 Å². The van der Waals surface area contributed by atoms with Crippen LogP contribution in [0.1, 0.15) is 25.1 Å². The summed E-state index contributed by atoms with van der Waals surface area (Å²) in [6, 6.07) is 6.71. The average Bonchev–Trinajstić information content (AvgIpc) is 2.89. The molecule has 0 saturated carbocycles. The lowest BCUT2D eigenvalue weighted by molar-refractivity contribution is 0.0153. The standard InChI is InChI=1S/C14H16N2O3/c17-11-6-4-10(5-7-11)14-15-13(16-19-14)9-12-3-1-2-8-18-12/h4-7,12,17H,1-3,8-9H2. The highest BCUT2D eigenvalue weighted by atomic mass is 16.5. The quantitative estimate of drug-likeness (QED) is 0.918. The summed E-state index contributed by atoms with van der Waals surface area (Å²) in [5.74, 6) is 1.37. The lowest BCUT2D eigenvalue weighted by Crippen LogP contribution is -2.21. The molecule has 1 fully saturated rings. The Balaban J connectivity index is 1.70. The van der Waals surface area contributed by atoms with Crippen molar-refractivity contribution in [2.75, 3.05) is 6.61 Å². The van der Waals surface area contributed by atoms with Gasteiger partial charge in [0.2, 0.25) is 0 Å². The van der Waals surface area contributed by atoms with E-state index in [1.165, 1.54) is 6.42 Å². The molecule has 0 aliphatic carbocycles. The molecule has 1 N–H and O–H groups in total. The lowest BCUT2D eigenvalue weighted by atomic mass is 10.1. The minimum Gasteiger partial charge on any atom is -0.508 e. The number of hydrogen-bond acceptors (Lipinski definition) is 5. The van der Waals surface area contributed by atoms with E-state index in [1.807, 2.05) is 0 Å². The topological polar surface area (TPSA) is 68.4 Å². The number of aromatic nitrogens is 2. The van der Waals surface area contributed by atoms with Crippen LogP contribution in [0.15, 0.2) is 28.8 Å². The third-order valence-corrected chi connectivity index (χ3v) is 3.27. The van der Waals surface area contributed by atoms with Crippen LogP contribution in [0.4, 0.5) is 0 Å². The second-order valence-corrected chi connectivity index (χ2v) is 4.76. The zero-order chi connectivity index (χ0) is 13.1. The largest absolute Gasteiger partial charge is 0.508 e. The van der Waals surface area contributed by atoms with Crippen molar-refractivity contribution in [2.24, 2.45) is 0 Å². The van der Waals surface area contributed by atoms with Gasteiger partial charge in [-0.3, -0.25) is 0 Å². The zero-order valence-corrected chi connectivity index (χ0v) is 10.6. The van der Waals surface area contributed by atoms with Crippen LogP contribution in [0.2, 0.25) is 0 Å². The van der Waals surface area contributed by atoms with Gasteiger partial charge in [-0.05, 0) is 43.5 Å². The molecule has 3 rings (SSSR count). The van der Waals surface area contributed by atoms with E-state index in [1.54, 1.807) is 24.3 Å². The Hall–Kier alpha value is -1.88. The smallest absolute Gasteiger partial charge is 0.257 e. The van der Waals surface area contributed by atoms with Gasteiger partial charge >= 0.3 is 0 Å². The molecule has 0 spiro atoms. The fraction of sp³-hybridized carbons (Fsp3) is 0.429. The number of aromatic hydroxyl groups is 1. The van der Waals surface area contributed by atoms with E-state index >= 15 is 0 Å². The normalized spacial score (nSPS) is 19.5. The highest BCUT2D eigenvalue weighted by Crippen LogP contribution is 2.21. The molecular formula is C14H16N2O3. The molecule has 100 valence electrons. The second kappa shape index (κ2) is 5.40. The predicted molar refractivity (Wildman–Crippen MR) is 68.7 cm³/mol. The van der Waals surface area contributed by atoms with E-state index in [0.717, 1.165) is 25.0 Å². The molecule has 1 unspecified atom stereocenters. The maximum Gasteiger partial charge on any atom is 0.257 e. The first kappa shape index (κ1) is 12.2. The number of benzene rings is 1. The van der Waals surface area contributed by atoms with Gasteiger partial charge in [0.25, 0.3) is 5.89 Å². The Bertz CT molecular complexity index is 530. The summed E-state index contributed by atoms with van der Waals surface area (Å²) >= 11 is 0. The van der Waals surface area contributed by atoms with Crippen molar-refractivity contribution >= 4 is 0 Å². The van der Waals surface area contributed by atoms with Crippen LogP contribution in [0, 0.1) is 0 Å². The first-order valence-corrected chi connectivity index (χ1v) is 6.55. The maximum atomic E-state index is 9.24. The molecule has 1 aliphatic heterocycles. The van der Waals surface area contributed by atoms with E-state index in [2.05, 4.69) is 10.1 Å². The highest BCUT2D eigenvalue weighted by molar-refractivity contribution is 5.53. The second-order valence-electron chi connectivity index (χ2n) is 4.76. The third kappa shape index (κ3) is 2.93. The monoisotopic (exact) mass is 260 g/mol.